The SMILES string of the molecule is Cc1cc(C)c(CN(CCCN)c2ccccc2)c(C)c1. The minimum atomic E-state index is 0.731. The molecule has 0 spiro atoms. The van der Waals surface area contributed by atoms with Gasteiger partial charge >= 0.3 is 0 Å². The first-order chi connectivity index (χ1) is 10.1. The standard InChI is InChI=1S/C19H26N2/c1-15-12-16(2)19(17(3)13-15)14-21(11-7-10-20)18-8-5-4-6-9-18/h4-6,8-9,12-13H,7,10-11,14,20H2,1-3H3. The fraction of sp³-hybridized carbons (Fsp3) is 0.368. The van der Waals surface area contributed by atoms with Gasteiger partial charge in [0.05, 0.1) is 0 Å². The lowest BCUT2D eigenvalue weighted by atomic mass is 9.99. The van der Waals surface area contributed by atoms with Gasteiger partial charge in [0, 0.05) is 18.8 Å². The predicted octanol–water partition coefficient (Wildman–Crippen LogP) is 3.97. The second kappa shape index (κ2) is 7.28. The zero-order valence-electron chi connectivity index (χ0n) is 13.4. The van der Waals surface area contributed by atoms with Crippen LogP contribution in [0.15, 0.2) is 42.5 Å². The predicted molar refractivity (Wildman–Crippen MR) is 91.8 cm³/mol. The maximum Gasteiger partial charge on any atom is 0.0434 e. The molecular weight excluding hydrogens is 256 g/mol. The summed E-state index contributed by atoms with van der Waals surface area (Å²) in [4.78, 5) is 2.43. The Labute approximate surface area is 128 Å². The number of nitrogens with zero attached hydrogens (tertiary/aromatic N) is 1. The molecule has 112 valence electrons. The quantitative estimate of drug-likeness (QED) is 0.868. The summed E-state index contributed by atoms with van der Waals surface area (Å²) in [7, 11) is 0. The number of anilines is 1. The maximum atomic E-state index is 5.70. The van der Waals surface area contributed by atoms with Crippen LogP contribution in [0.1, 0.15) is 28.7 Å². The molecule has 0 unspecified atom stereocenters. The first-order valence-electron chi connectivity index (χ1n) is 7.68. The first kappa shape index (κ1) is 15.6. The Morgan fingerprint density at radius 1 is 0.952 bits per heavy atom. The molecule has 0 heterocycles. The third-order valence-electron chi connectivity index (χ3n) is 3.94. The molecule has 2 aromatic rings. The van der Waals surface area contributed by atoms with E-state index in [9.17, 15) is 0 Å². The van der Waals surface area contributed by atoms with Gasteiger partial charge in [0.15, 0.2) is 0 Å². The largest absolute Gasteiger partial charge is 0.367 e. The number of para-hydroxylation sites is 1. The Kier molecular flexibility index (Phi) is 5.40. The Morgan fingerprint density at radius 2 is 1.57 bits per heavy atom. The Hall–Kier alpha value is -1.80. The summed E-state index contributed by atoms with van der Waals surface area (Å²) in [5.41, 5.74) is 12.5. The van der Waals surface area contributed by atoms with Gasteiger partial charge in [-0.1, -0.05) is 35.9 Å². The van der Waals surface area contributed by atoms with E-state index >= 15 is 0 Å². The molecule has 0 saturated carbocycles. The highest BCUT2D eigenvalue weighted by atomic mass is 15.1. The average molecular weight is 282 g/mol. The van der Waals surface area contributed by atoms with Crippen molar-refractivity contribution in [2.24, 2.45) is 5.73 Å². The van der Waals surface area contributed by atoms with Crippen molar-refractivity contribution in [1.82, 2.24) is 0 Å². The van der Waals surface area contributed by atoms with Crippen LogP contribution in [0.3, 0.4) is 0 Å². The van der Waals surface area contributed by atoms with Gasteiger partial charge in [-0.2, -0.15) is 0 Å². The number of hydrogen-bond acceptors (Lipinski definition) is 2. The van der Waals surface area contributed by atoms with Crippen molar-refractivity contribution in [1.29, 1.82) is 0 Å². The summed E-state index contributed by atoms with van der Waals surface area (Å²) in [6.45, 7) is 9.25. The highest BCUT2D eigenvalue weighted by Crippen LogP contribution is 2.22. The molecule has 0 amide bonds. The van der Waals surface area contributed by atoms with Crippen LogP contribution < -0.4 is 10.6 Å². The maximum absolute atomic E-state index is 5.70. The van der Waals surface area contributed by atoms with Crippen LogP contribution in [0.25, 0.3) is 0 Å². The molecule has 0 aliphatic carbocycles. The summed E-state index contributed by atoms with van der Waals surface area (Å²) in [5, 5.41) is 0. The molecular formula is C19H26N2. The van der Waals surface area contributed by atoms with E-state index in [0.717, 1.165) is 26.1 Å². The second-order valence-electron chi connectivity index (χ2n) is 5.78. The highest BCUT2D eigenvalue weighted by molar-refractivity contribution is 5.48. The van der Waals surface area contributed by atoms with E-state index in [4.69, 9.17) is 5.73 Å². The van der Waals surface area contributed by atoms with Crippen LogP contribution in [-0.2, 0) is 6.54 Å². The van der Waals surface area contributed by atoms with Crippen LogP contribution in [0.4, 0.5) is 5.69 Å². The molecule has 2 heteroatoms. The molecule has 0 bridgehead atoms. The van der Waals surface area contributed by atoms with E-state index in [1.165, 1.54) is 27.9 Å². The van der Waals surface area contributed by atoms with E-state index in [1.54, 1.807) is 0 Å². The molecule has 0 aliphatic rings. The van der Waals surface area contributed by atoms with E-state index in [-0.39, 0.29) is 0 Å². The molecule has 21 heavy (non-hydrogen) atoms. The third kappa shape index (κ3) is 4.08. The Bertz CT molecular complexity index is 552. The lowest BCUT2D eigenvalue weighted by Gasteiger charge is -2.27. The molecule has 0 atom stereocenters. The summed E-state index contributed by atoms with van der Waals surface area (Å²) in [5.74, 6) is 0. The normalized spacial score (nSPS) is 10.7. The van der Waals surface area contributed by atoms with Gasteiger partial charge in [0.2, 0.25) is 0 Å². The molecule has 0 fully saturated rings. The molecule has 0 aromatic heterocycles. The third-order valence-corrected chi connectivity index (χ3v) is 3.94. The number of nitrogens with two attached hydrogens (primary N) is 1. The number of aryl methyl sites for hydroxylation is 3. The Morgan fingerprint density at radius 3 is 2.14 bits per heavy atom. The summed E-state index contributed by atoms with van der Waals surface area (Å²) < 4.78 is 0. The van der Waals surface area contributed by atoms with Crippen molar-refractivity contribution >= 4 is 5.69 Å². The molecule has 2 N–H and O–H groups in total. The van der Waals surface area contributed by atoms with Crippen molar-refractivity contribution in [2.45, 2.75) is 33.7 Å². The van der Waals surface area contributed by atoms with E-state index in [2.05, 4.69) is 68.1 Å². The van der Waals surface area contributed by atoms with Gasteiger partial charge in [-0.05, 0) is 62.6 Å². The smallest absolute Gasteiger partial charge is 0.0434 e. The topological polar surface area (TPSA) is 29.3 Å². The highest BCUT2D eigenvalue weighted by Gasteiger charge is 2.11. The van der Waals surface area contributed by atoms with Gasteiger partial charge in [-0.3, -0.25) is 0 Å². The van der Waals surface area contributed by atoms with Gasteiger partial charge in [0.1, 0.15) is 0 Å². The van der Waals surface area contributed by atoms with Gasteiger partial charge < -0.3 is 10.6 Å². The van der Waals surface area contributed by atoms with E-state index < -0.39 is 0 Å². The number of rotatable bonds is 6. The van der Waals surface area contributed by atoms with Crippen LogP contribution in [0, 0.1) is 20.8 Å². The van der Waals surface area contributed by atoms with Crippen molar-refractivity contribution < 1.29 is 0 Å². The first-order valence-corrected chi connectivity index (χ1v) is 7.68. The minimum Gasteiger partial charge on any atom is -0.367 e. The lowest BCUT2D eigenvalue weighted by Crippen LogP contribution is -2.26. The molecule has 2 aromatic carbocycles. The summed E-state index contributed by atoms with van der Waals surface area (Å²) in [6, 6.07) is 15.2. The molecule has 2 nitrogen and oxygen atoms in total. The fourth-order valence-corrected chi connectivity index (χ4v) is 2.87. The second-order valence-corrected chi connectivity index (χ2v) is 5.78. The fourth-order valence-electron chi connectivity index (χ4n) is 2.87. The van der Waals surface area contributed by atoms with Crippen molar-refractivity contribution in [3.05, 3.63) is 64.7 Å². The van der Waals surface area contributed by atoms with Gasteiger partial charge in [-0.25, -0.2) is 0 Å². The van der Waals surface area contributed by atoms with Gasteiger partial charge in [-0.15, -0.1) is 0 Å². The van der Waals surface area contributed by atoms with E-state index in [1.807, 2.05) is 0 Å². The van der Waals surface area contributed by atoms with Crippen LogP contribution in [0.2, 0.25) is 0 Å². The Balaban J connectivity index is 2.27. The van der Waals surface area contributed by atoms with Crippen LogP contribution in [-0.4, -0.2) is 13.1 Å². The monoisotopic (exact) mass is 282 g/mol. The summed E-state index contributed by atoms with van der Waals surface area (Å²) in [6.07, 6.45) is 1.01. The van der Waals surface area contributed by atoms with Crippen molar-refractivity contribution in [2.75, 3.05) is 18.0 Å². The molecule has 0 radical (unpaired) electrons. The van der Waals surface area contributed by atoms with Crippen LogP contribution >= 0.6 is 0 Å². The zero-order chi connectivity index (χ0) is 15.2. The van der Waals surface area contributed by atoms with Crippen molar-refractivity contribution in [3.8, 4) is 0 Å². The van der Waals surface area contributed by atoms with Crippen molar-refractivity contribution in [3.63, 3.8) is 0 Å². The number of hydrogen-bond donors (Lipinski definition) is 1. The number of benzene rings is 2. The molecule has 2 rings (SSSR count). The lowest BCUT2D eigenvalue weighted by molar-refractivity contribution is 0.732. The zero-order valence-corrected chi connectivity index (χ0v) is 13.4. The summed E-state index contributed by atoms with van der Waals surface area (Å²) >= 11 is 0. The van der Waals surface area contributed by atoms with Crippen LogP contribution in [0.5, 0.6) is 0 Å². The van der Waals surface area contributed by atoms with E-state index in [0.29, 0.717) is 0 Å². The molecule has 0 aliphatic heterocycles. The average Bonchev–Trinajstić information content (AvgIpc) is 2.46. The molecule has 0 saturated heterocycles. The van der Waals surface area contributed by atoms with Gasteiger partial charge in [0.25, 0.3) is 0 Å². The minimum absolute atomic E-state index is 0.731.